The zero-order chi connectivity index (χ0) is 27.8. The quantitative estimate of drug-likeness (QED) is 0.197. The Morgan fingerprint density at radius 1 is 0.658 bits per heavy atom. The summed E-state index contributed by atoms with van der Waals surface area (Å²) < 4.78 is 7.08. The lowest BCUT2D eigenvalue weighted by molar-refractivity contribution is 0.283. The van der Waals surface area contributed by atoms with Crippen molar-refractivity contribution in [3.05, 3.63) is 52.6 Å². The van der Waals surface area contributed by atoms with E-state index in [1.54, 1.807) is 27.4 Å². The molecule has 0 unspecified atom stereocenters. The van der Waals surface area contributed by atoms with Crippen LogP contribution < -0.4 is 15.1 Å². The van der Waals surface area contributed by atoms with Crippen LogP contribution in [-0.4, -0.2) is 16.1 Å². The maximum absolute atomic E-state index is 7.08. The number of hydrogen-bond donors (Lipinski definition) is 0. The van der Waals surface area contributed by atoms with Crippen molar-refractivity contribution in [1.29, 1.82) is 0 Å². The van der Waals surface area contributed by atoms with Gasteiger partial charge >= 0.3 is 0 Å². The van der Waals surface area contributed by atoms with Crippen molar-refractivity contribution in [3.63, 3.8) is 0 Å². The summed E-state index contributed by atoms with van der Waals surface area (Å²) in [4.78, 5) is 0. The molecule has 2 aromatic rings. The maximum Gasteiger partial charge on any atom is 0.127 e. The SMILES string of the molecule is CCCCCCOc1c2c(c([Si]c3ccccc3)c3c1C(C)(C)CC3(CC)CC)C(CC)(CC)CC2(C)C. The first kappa shape index (κ1) is 29.4. The second-order valence-electron chi connectivity index (χ2n) is 13.7. The lowest BCUT2D eigenvalue weighted by Gasteiger charge is -2.36. The zero-order valence-electron chi connectivity index (χ0n) is 26.1. The second-order valence-corrected chi connectivity index (χ2v) is 15.0. The lowest BCUT2D eigenvalue weighted by atomic mass is 9.72. The molecular formula is C36H54OSi. The highest BCUT2D eigenvalue weighted by Crippen LogP contribution is 2.62. The van der Waals surface area contributed by atoms with Crippen molar-refractivity contribution in [1.82, 2.24) is 0 Å². The largest absolute Gasteiger partial charge is 0.493 e. The van der Waals surface area contributed by atoms with Crippen molar-refractivity contribution < 1.29 is 4.74 Å². The second kappa shape index (κ2) is 11.1. The molecule has 0 bridgehead atoms. The van der Waals surface area contributed by atoms with Crippen LogP contribution in [0.25, 0.3) is 0 Å². The van der Waals surface area contributed by atoms with Crippen molar-refractivity contribution in [2.45, 2.75) is 148 Å². The van der Waals surface area contributed by atoms with Gasteiger partial charge in [-0.2, -0.15) is 0 Å². The van der Waals surface area contributed by atoms with Crippen LogP contribution in [0.4, 0.5) is 0 Å². The first-order valence-corrected chi connectivity index (χ1v) is 16.8. The van der Waals surface area contributed by atoms with Crippen LogP contribution in [0.3, 0.4) is 0 Å². The number of ether oxygens (including phenoxy) is 1. The molecule has 0 aliphatic heterocycles. The van der Waals surface area contributed by atoms with Crippen molar-refractivity contribution in [2.75, 3.05) is 6.61 Å². The van der Waals surface area contributed by atoms with Gasteiger partial charge in [-0.1, -0.05) is 122 Å². The number of unbranched alkanes of at least 4 members (excludes halogenated alkanes) is 3. The smallest absolute Gasteiger partial charge is 0.127 e. The van der Waals surface area contributed by atoms with E-state index in [1.807, 2.05) is 0 Å². The summed E-state index contributed by atoms with van der Waals surface area (Å²) in [7, 11) is 0.702. The fourth-order valence-electron chi connectivity index (χ4n) is 8.47. The molecule has 0 fully saturated rings. The van der Waals surface area contributed by atoms with Crippen LogP contribution in [0.1, 0.15) is 149 Å². The van der Waals surface area contributed by atoms with Gasteiger partial charge in [-0.3, -0.25) is 0 Å². The van der Waals surface area contributed by atoms with Gasteiger partial charge in [0.25, 0.3) is 0 Å². The predicted octanol–water partition coefficient (Wildman–Crippen LogP) is 8.78. The minimum Gasteiger partial charge on any atom is -0.493 e. The number of rotatable bonds is 12. The summed E-state index contributed by atoms with van der Waals surface area (Å²) in [5, 5.41) is 3.17. The molecule has 0 heterocycles. The fraction of sp³-hybridized carbons (Fsp3) is 0.667. The van der Waals surface area contributed by atoms with Gasteiger partial charge in [0, 0.05) is 11.1 Å². The van der Waals surface area contributed by atoms with E-state index in [4.69, 9.17) is 4.74 Å². The summed E-state index contributed by atoms with van der Waals surface area (Å²) in [6.45, 7) is 23.0. The Balaban J connectivity index is 2.09. The summed E-state index contributed by atoms with van der Waals surface area (Å²) in [6.07, 6.45) is 12.3. The molecule has 0 atom stereocenters. The molecule has 38 heavy (non-hydrogen) atoms. The third-order valence-corrected chi connectivity index (χ3v) is 11.8. The standard InChI is InChI=1S/C36H54OSi/c1-10-15-16-20-23-37-31-27-29(35(11-2,12-3)24-33(27,6)7)32(38-26-21-18-17-19-22-26)30-28(31)34(8,9)25-36(30,13-4)14-5/h17-19,21-22H,10-16,20,23-25H2,1-9H3. The normalized spacial score (nSPS) is 19.8. The van der Waals surface area contributed by atoms with Crippen LogP contribution in [-0.2, 0) is 21.7 Å². The molecule has 2 radical (unpaired) electrons. The Labute approximate surface area is 237 Å². The highest BCUT2D eigenvalue weighted by molar-refractivity contribution is 6.68. The summed E-state index contributed by atoms with van der Waals surface area (Å²) >= 11 is 0. The van der Waals surface area contributed by atoms with Gasteiger partial charge in [0.15, 0.2) is 0 Å². The molecule has 2 aliphatic rings. The molecule has 0 amide bonds. The molecule has 0 aromatic heterocycles. The van der Waals surface area contributed by atoms with Gasteiger partial charge in [0.1, 0.15) is 15.3 Å². The number of benzene rings is 2. The van der Waals surface area contributed by atoms with Gasteiger partial charge in [0.2, 0.25) is 0 Å². The van der Waals surface area contributed by atoms with Gasteiger partial charge in [-0.25, -0.2) is 0 Å². The first-order chi connectivity index (χ1) is 18.1. The van der Waals surface area contributed by atoms with E-state index in [2.05, 4.69) is 92.6 Å². The van der Waals surface area contributed by atoms with Crippen molar-refractivity contribution in [2.24, 2.45) is 0 Å². The van der Waals surface area contributed by atoms with Crippen molar-refractivity contribution >= 4 is 19.9 Å². The number of fused-ring (bicyclic) bond motifs is 2. The molecule has 1 nitrogen and oxygen atoms in total. The van der Waals surface area contributed by atoms with Crippen LogP contribution in [0.2, 0.25) is 0 Å². The Kier molecular flexibility index (Phi) is 8.64. The van der Waals surface area contributed by atoms with E-state index in [9.17, 15) is 0 Å². The summed E-state index contributed by atoms with van der Waals surface area (Å²) in [6, 6.07) is 11.3. The first-order valence-electron chi connectivity index (χ1n) is 15.8. The topological polar surface area (TPSA) is 9.23 Å². The van der Waals surface area contributed by atoms with Gasteiger partial charge < -0.3 is 4.74 Å². The van der Waals surface area contributed by atoms with E-state index >= 15 is 0 Å². The van der Waals surface area contributed by atoms with Crippen LogP contribution >= 0.6 is 0 Å². The van der Waals surface area contributed by atoms with E-state index in [0.29, 0.717) is 9.52 Å². The van der Waals surface area contributed by atoms with Gasteiger partial charge in [-0.05, 0) is 77.7 Å². The molecule has 0 saturated heterocycles. The molecule has 2 aromatic carbocycles. The Hall–Kier alpha value is -1.54. The fourth-order valence-corrected chi connectivity index (χ4v) is 10.1. The third-order valence-electron chi connectivity index (χ3n) is 10.4. The Bertz CT molecular complexity index is 1040. The minimum absolute atomic E-state index is 0.116. The van der Waals surface area contributed by atoms with E-state index in [1.165, 1.54) is 68.7 Å². The highest BCUT2D eigenvalue weighted by atomic mass is 28.2. The highest BCUT2D eigenvalue weighted by Gasteiger charge is 2.56. The minimum atomic E-state index is 0.116. The summed E-state index contributed by atoms with van der Waals surface area (Å²) in [5.41, 5.74) is 7.23. The monoisotopic (exact) mass is 530 g/mol. The van der Waals surface area contributed by atoms with Gasteiger partial charge in [-0.15, -0.1) is 0 Å². The molecule has 2 heteroatoms. The molecule has 0 saturated carbocycles. The average molecular weight is 531 g/mol. The summed E-state index contributed by atoms with van der Waals surface area (Å²) in [5.74, 6) is 1.30. The third kappa shape index (κ3) is 4.82. The number of hydrogen-bond acceptors (Lipinski definition) is 1. The molecule has 2 aliphatic carbocycles. The van der Waals surface area contributed by atoms with Crippen LogP contribution in [0.5, 0.6) is 5.75 Å². The Morgan fingerprint density at radius 3 is 1.61 bits per heavy atom. The van der Waals surface area contributed by atoms with E-state index in [0.717, 1.165) is 13.0 Å². The van der Waals surface area contributed by atoms with Crippen LogP contribution in [0, 0.1) is 0 Å². The van der Waals surface area contributed by atoms with E-state index in [-0.39, 0.29) is 21.7 Å². The van der Waals surface area contributed by atoms with Crippen molar-refractivity contribution in [3.8, 4) is 5.75 Å². The average Bonchev–Trinajstić information content (AvgIpc) is 3.30. The molecular weight excluding hydrogens is 476 g/mol. The predicted molar refractivity (Wildman–Crippen MR) is 167 cm³/mol. The molecule has 4 rings (SSSR count). The Morgan fingerprint density at radius 2 is 1.16 bits per heavy atom. The molecule has 0 N–H and O–H groups in total. The lowest BCUT2D eigenvalue weighted by Crippen LogP contribution is -2.42. The zero-order valence-corrected chi connectivity index (χ0v) is 27.1. The van der Waals surface area contributed by atoms with Gasteiger partial charge in [0.05, 0.1) is 6.61 Å². The molecule has 0 spiro atoms. The maximum atomic E-state index is 7.08. The van der Waals surface area contributed by atoms with E-state index < -0.39 is 0 Å². The molecule has 208 valence electrons. The van der Waals surface area contributed by atoms with Crippen LogP contribution in [0.15, 0.2) is 30.3 Å².